The Labute approximate surface area is 114 Å². The van der Waals surface area contributed by atoms with E-state index in [4.69, 9.17) is 36.1 Å². The van der Waals surface area contributed by atoms with Gasteiger partial charge in [0.25, 0.3) is 0 Å². The van der Waals surface area contributed by atoms with Gasteiger partial charge in [0.2, 0.25) is 5.88 Å². The van der Waals surface area contributed by atoms with Crippen LogP contribution in [0.25, 0.3) is 11.3 Å². The first-order valence-electron chi connectivity index (χ1n) is 5.59. The van der Waals surface area contributed by atoms with E-state index in [1.807, 2.05) is 0 Å². The average molecular weight is 283 g/mol. The second-order valence-electron chi connectivity index (χ2n) is 3.91. The lowest BCUT2D eigenvalue weighted by molar-refractivity contribution is 0.171. The first kappa shape index (κ1) is 12.0. The van der Waals surface area contributed by atoms with Gasteiger partial charge in [0, 0.05) is 12.1 Å². The molecular weight excluding hydrogens is 272 g/mol. The summed E-state index contributed by atoms with van der Waals surface area (Å²) in [4.78, 5) is 0. The van der Waals surface area contributed by atoms with Gasteiger partial charge in [-0.25, -0.2) is 0 Å². The Morgan fingerprint density at radius 3 is 2.79 bits per heavy atom. The highest BCUT2D eigenvalue weighted by Gasteiger charge is 2.25. The number of ether oxygens (including phenoxy) is 3. The summed E-state index contributed by atoms with van der Waals surface area (Å²) in [5.74, 6) is 1.75. The summed E-state index contributed by atoms with van der Waals surface area (Å²) in [7, 11) is 1.53. The zero-order valence-corrected chi connectivity index (χ0v) is 10.9. The number of anilines is 1. The molecule has 3 rings (SSSR count). The summed E-state index contributed by atoms with van der Waals surface area (Å²) in [5.41, 5.74) is 6.56. The number of hydrogen-bond acceptors (Lipinski definition) is 6. The standard InChI is InChI=1S/C12H11ClN2O4/c1-16-7-5-8-12(18-3-2-17-8)10(11(7)13)6-4-9(14)19-15-6/h4-5H,2-3,14H2,1H3. The monoisotopic (exact) mass is 282 g/mol. The quantitative estimate of drug-likeness (QED) is 0.911. The molecule has 0 fully saturated rings. The van der Waals surface area contributed by atoms with Gasteiger partial charge in [0.15, 0.2) is 11.5 Å². The van der Waals surface area contributed by atoms with Crippen LogP contribution in [0.2, 0.25) is 5.02 Å². The first-order valence-corrected chi connectivity index (χ1v) is 5.97. The molecule has 0 atom stereocenters. The van der Waals surface area contributed by atoms with Crippen LogP contribution in [0.4, 0.5) is 5.88 Å². The van der Waals surface area contributed by atoms with Gasteiger partial charge in [0.1, 0.15) is 24.7 Å². The molecule has 2 N–H and O–H groups in total. The van der Waals surface area contributed by atoms with Crippen molar-refractivity contribution in [3.8, 4) is 28.5 Å². The van der Waals surface area contributed by atoms with Crippen LogP contribution in [0.1, 0.15) is 0 Å². The predicted octanol–water partition coefficient (Wildman–Crippen LogP) is 2.36. The maximum atomic E-state index is 6.31. The van der Waals surface area contributed by atoms with Crippen LogP contribution in [-0.2, 0) is 0 Å². The fourth-order valence-corrected chi connectivity index (χ4v) is 2.24. The maximum Gasteiger partial charge on any atom is 0.222 e. The lowest BCUT2D eigenvalue weighted by Gasteiger charge is -2.22. The number of halogens is 1. The summed E-state index contributed by atoms with van der Waals surface area (Å²) in [6.07, 6.45) is 0. The van der Waals surface area contributed by atoms with Gasteiger partial charge in [-0.1, -0.05) is 16.8 Å². The van der Waals surface area contributed by atoms with Gasteiger partial charge >= 0.3 is 0 Å². The minimum Gasteiger partial charge on any atom is -0.495 e. The van der Waals surface area contributed by atoms with Crippen molar-refractivity contribution in [2.45, 2.75) is 0 Å². The Balaban J connectivity index is 2.25. The van der Waals surface area contributed by atoms with E-state index in [9.17, 15) is 0 Å². The third kappa shape index (κ3) is 1.94. The minimum absolute atomic E-state index is 0.194. The van der Waals surface area contributed by atoms with Gasteiger partial charge in [-0.2, -0.15) is 0 Å². The van der Waals surface area contributed by atoms with E-state index in [-0.39, 0.29) is 5.88 Å². The van der Waals surface area contributed by atoms with Gasteiger partial charge in [-0.3, -0.25) is 0 Å². The van der Waals surface area contributed by atoms with E-state index in [1.165, 1.54) is 7.11 Å². The molecule has 0 saturated heterocycles. The fourth-order valence-electron chi connectivity index (χ4n) is 1.92. The van der Waals surface area contributed by atoms with E-state index in [0.717, 1.165) is 0 Å². The van der Waals surface area contributed by atoms with Crippen LogP contribution >= 0.6 is 11.6 Å². The Hall–Kier alpha value is -2.08. The Kier molecular flexibility index (Phi) is 2.87. The molecule has 0 unspecified atom stereocenters. The number of hydrogen-bond donors (Lipinski definition) is 1. The largest absolute Gasteiger partial charge is 0.495 e. The molecule has 1 aliphatic heterocycles. The van der Waals surface area contributed by atoms with Gasteiger partial charge in [-0.15, -0.1) is 0 Å². The second-order valence-corrected chi connectivity index (χ2v) is 4.28. The normalized spacial score (nSPS) is 13.4. The van der Waals surface area contributed by atoms with Crippen molar-refractivity contribution >= 4 is 17.5 Å². The smallest absolute Gasteiger partial charge is 0.222 e. The zero-order valence-electron chi connectivity index (χ0n) is 10.1. The molecule has 100 valence electrons. The first-order chi connectivity index (χ1) is 9.20. The van der Waals surface area contributed by atoms with Crippen LogP contribution < -0.4 is 19.9 Å². The summed E-state index contributed by atoms with van der Waals surface area (Å²) in [6, 6.07) is 3.25. The molecule has 1 aromatic heterocycles. The molecular formula is C12H11ClN2O4. The molecule has 19 heavy (non-hydrogen) atoms. The summed E-state index contributed by atoms with van der Waals surface area (Å²) in [6.45, 7) is 0.911. The van der Waals surface area contributed by atoms with Crippen LogP contribution in [-0.4, -0.2) is 25.5 Å². The van der Waals surface area contributed by atoms with Crippen LogP contribution in [0.15, 0.2) is 16.7 Å². The number of nitrogens with zero attached hydrogens (tertiary/aromatic N) is 1. The highest BCUT2D eigenvalue weighted by atomic mass is 35.5. The molecule has 0 saturated carbocycles. The van der Waals surface area contributed by atoms with Crippen molar-refractivity contribution in [3.05, 3.63) is 17.2 Å². The average Bonchev–Trinajstić information content (AvgIpc) is 2.84. The van der Waals surface area contributed by atoms with Crippen molar-refractivity contribution in [1.29, 1.82) is 0 Å². The van der Waals surface area contributed by atoms with E-state index in [2.05, 4.69) is 5.16 Å². The topological polar surface area (TPSA) is 79.7 Å². The molecule has 1 aromatic carbocycles. The fraction of sp³-hybridized carbons (Fsp3) is 0.250. The van der Waals surface area contributed by atoms with Crippen molar-refractivity contribution < 1.29 is 18.7 Å². The third-order valence-corrected chi connectivity index (χ3v) is 3.12. The summed E-state index contributed by atoms with van der Waals surface area (Å²) in [5, 5.41) is 4.23. The number of benzene rings is 1. The number of fused-ring (bicyclic) bond motifs is 1. The molecule has 0 spiro atoms. The lowest BCUT2D eigenvalue weighted by atomic mass is 10.1. The molecule has 0 aliphatic carbocycles. The van der Waals surface area contributed by atoms with Crippen LogP contribution in [0.5, 0.6) is 17.2 Å². The predicted molar refractivity (Wildman–Crippen MR) is 68.9 cm³/mol. The summed E-state index contributed by atoms with van der Waals surface area (Å²) >= 11 is 6.31. The number of aromatic nitrogens is 1. The number of nitrogens with two attached hydrogens (primary N) is 1. The molecule has 7 heteroatoms. The Morgan fingerprint density at radius 1 is 1.32 bits per heavy atom. The maximum absolute atomic E-state index is 6.31. The SMILES string of the molecule is COc1cc2c(c(-c3cc(N)on3)c1Cl)OCCO2. The lowest BCUT2D eigenvalue weighted by Crippen LogP contribution is -2.16. The molecule has 2 heterocycles. The molecule has 1 aliphatic rings. The number of rotatable bonds is 2. The summed E-state index contributed by atoms with van der Waals surface area (Å²) < 4.78 is 21.2. The molecule has 0 radical (unpaired) electrons. The van der Waals surface area contributed by atoms with Crippen molar-refractivity contribution in [1.82, 2.24) is 5.16 Å². The number of methoxy groups -OCH3 is 1. The number of nitrogen functional groups attached to an aromatic ring is 1. The van der Waals surface area contributed by atoms with E-state index in [0.29, 0.717) is 46.7 Å². The molecule has 0 bridgehead atoms. The van der Waals surface area contributed by atoms with Crippen molar-refractivity contribution in [2.24, 2.45) is 0 Å². The second kappa shape index (κ2) is 4.55. The van der Waals surface area contributed by atoms with Crippen molar-refractivity contribution in [2.75, 3.05) is 26.1 Å². The molecule has 2 aromatic rings. The van der Waals surface area contributed by atoms with Gasteiger partial charge < -0.3 is 24.5 Å². The van der Waals surface area contributed by atoms with Crippen LogP contribution in [0, 0.1) is 0 Å². The highest BCUT2D eigenvalue weighted by molar-refractivity contribution is 6.35. The third-order valence-electron chi connectivity index (χ3n) is 2.74. The highest BCUT2D eigenvalue weighted by Crippen LogP contribution is 2.48. The molecule has 6 nitrogen and oxygen atoms in total. The zero-order chi connectivity index (χ0) is 13.4. The van der Waals surface area contributed by atoms with Crippen molar-refractivity contribution in [3.63, 3.8) is 0 Å². The van der Waals surface area contributed by atoms with E-state index < -0.39 is 0 Å². The van der Waals surface area contributed by atoms with E-state index >= 15 is 0 Å². The van der Waals surface area contributed by atoms with Gasteiger partial charge in [-0.05, 0) is 0 Å². The molecule has 0 amide bonds. The minimum atomic E-state index is 0.194. The Bertz CT molecular complexity index is 626. The van der Waals surface area contributed by atoms with Crippen LogP contribution in [0.3, 0.4) is 0 Å². The van der Waals surface area contributed by atoms with Gasteiger partial charge in [0.05, 0.1) is 17.7 Å². The Morgan fingerprint density at radius 2 is 2.11 bits per heavy atom. The van der Waals surface area contributed by atoms with E-state index in [1.54, 1.807) is 12.1 Å².